The van der Waals surface area contributed by atoms with Crippen LogP contribution in [-0.2, 0) is 31.3 Å². The maximum absolute atomic E-state index is 13.9. The summed E-state index contributed by atoms with van der Waals surface area (Å²) < 4.78 is 4.99. The number of nitrogens with zero attached hydrogens (tertiary/aromatic N) is 2. The number of nitrogens with one attached hydrogen (secondary N) is 1. The lowest BCUT2D eigenvalue weighted by Gasteiger charge is -2.37. The molecule has 13 nitrogen and oxygen atoms in total. The van der Waals surface area contributed by atoms with Gasteiger partial charge in [0, 0.05) is 30.1 Å². The molecule has 3 heterocycles. The molecule has 13 heteroatoms. The van der Waals surface area contributed by atoms with E-state index < -0.39 is 54.0 Å². The van der Waals surface area contributed by atoms with Crippen LogP contribution in [0.3, 0.4) is 0 Å². The summed E-state index contributed by atoms with van der Waals surface area (Å²) in [5.41, 5.74) is -0.0895. The summed E-state index contributed by atoms with van der Waals surface area (Å²) in [6, 6.07) is 13.2. The summed E-state index contributed by atoms with van der Waals surface area (Å²) >= 11 is 0. The Kier molecular flexibility index (Phi) is 9.70. The lowest BCUT2D eigenvalue weighted by Crippen LogP contribution is -2.60. The summed E-state index contributed by atoms with van der Waals surface area (Å²) in [4.78, 5) is 42.5. The molecular weight excluding hydrogens is 586 g/mol. The smallest absolute Gasteiger partial charge is 0.264 e. The van der Waals surface area contributed by atoms with Crippen molar-refractivity contribution in [3.05, 3.63) is 71.8 Å². The van der Waals surface area contributed by atoms with E-state index in [1.165, 1.54) is 4.90 Å². The molecule has 2 aromatic carbocycles. The highest BCUT2D eigenvalue weighted by molar-refractivity contribution is 6.07. The van der Waals surface area contributed by atoms with Gasteiger partial charge in [-0.3, -0.25) is 14.4 Å². The number of benzene rings is 2. The molecule has 0 spiro atoms. The number of likely N-dealkylation sites (tertiary alicyclic amines) is 1. The molecule has 0 saturated carbocycles. The van der Waals surface area contributed by atoms with Crippen molar-refractivity contribution in [2.24, 2.45) is 5.92 Å². The third-order valence-electron chi connectivity index (χ3n) is 8.84. The van der Waals surface area contributed by atoms with Gasteiger partial charge in [0.05, 0.1) is 24.9 Å². The fraction of sp³-hybridized carbons (Fsp3) is 0.469. The van der Waals surface area contributed by atoms with Crippen LogP contribution in [0, 0.1) is 5.92 Å². The summed E-state index contributed by atoms with van der Waals surface area (Å²) in [6.07, 6.45) is -3.89. The first-order valence-corrected chi connectivity index (χ1v) is 15.0. The highest BCUT2D eigenvalue weighted by Gasteiger charge is 2.52. The van der Waals surface area contributed by atoms with Gasteiger partial charge in [-0.05, 0) is 36.6 Å². The van der Waals surface area contributed by atoms with E-state index in [2.05, 4.69) is 5.32 Å². The standard InChI is InChI=1S/C32H39N3O10/c1-18(7-4-13-24(37)34-14-6-10-21(34)17-36)32(44)22-11-2-3-12-23(22)35(31(32)43)16-19-8-5-9-20(15-19)33-29(41)28-26(39)25(38)27(40)30(42)45-28/h2-5,7-9,11-12,15,18,21,25-28,30,36,38-40,42,44H,6,10,13-14,16-17H2,1H3,(H,33,41)/b7-4+/t18-,21-,25-,26-,27+,28-,30+,32+/m0/s1. The Balaban J connectivity index is 1.29. The van der Waals surface area contributed by atoms with Crippen molar-refractivity contribution in [2.75, 3.05) is 23.4 Å². The van der Waals surface area contributed by atoms with E-state index in [-0.39, 0.29) is 37.2 Å². The van der Waals surface area contributed by atoms with Gasteiger partial charge in [0.2, 0.25) is 5.91 Å². The molecule has 2 fully saturated rings. The Morgan fingerprint density at radius 2 is 1.84 bits per heavy atom. The fourth-order valence-electron chi connectivity index (χ4n) is 6.26. The van der Waals surface area contributed by atoms with E-state index >= 15 is 0 Å². The van der Waals surface area contributed by atoms with Crippen molar-refractivity contribution in [1.29, 1.82) is 0 Å². The van der Waals surface area contributed by atoms with Crippen LogP contribution in [0.4, 0.5) is 11.4 Å². The van der Waals surface area contributed by atoms with Gasteiger partial charge in [0.1, 0.15) is 18.3 Å². The number of carbonyl (C=O) groups excluding carboxylic acids is 3. The molecule has 0 bridgehead atoms. The maximum atomic E-state index is 13.9. The molecule has 8 atom stereocenters. The largest absolute Gasteiger partial charge is 0.394 e. The van der Waals surface area contributed by atoms with E-state index in [0.29, 0.717) is 23.4 Å². The maximum Gasteiger partial charge on any atom is 0.264 e. The molecule has 0 aliphatic carbocycles. The highest BCUT2D eigenvalue weighted by Crippen LogP contribution is 2.45. The molecule has 2 aromatic rings. The van der Waals surface area contributed by atoms with Crippen LogP contribution in [0.25, 0.3) is 0 Å². The zero-order chi connectivity index (χ0) is 32.5. The topological polar surface area (TPSA) is 200 Å². The number of amides is 3. The van der Waals surface area contributed by atoms with Gasteiger partial charge in [-0.2, -0.15) is 0 Å². The molecule has 242 valence electrons. The number of para-hydroxylation sites is 1. The first-order chi connectivity index (χ1) is 21.5. The average molecular weight is 626 g/mol. The number of fused-ring (bicyclic) bond motifs is 1. The van der Waals surface area contributed by atoms with Crippen LogP contribution in [0.1, 0.15) is 37.3 Å². The number of hydrogen-bond acceptors (Lipinski definition) is 10. The number of aliphatic hydroxyl groups excluding tert-OH is 5. The Morgan fingerprint density at radius 3 is 2.60 bits per heavy atom. The number of hydrogen-bond donors (Lipinski definition) is 7. The third-order valence-corrected chi connectivity index (χ3v) is 8.84. The van der Waals surface area contributed by atoms with Crippen LogP contribution in [0.15, 0.2) is 60.7 Å². The summed E-state index contributed by atoms with van der Waals surface area (Å²) in [5.74, 6) is -2.23. The minimum atomic E-state index is -1.90. The molecule has 3 amide bonds. The van der Waals surface area contributed by atoms with Gasteiger partial charge in [-0.25, -0.2) is 0 Å². The average Bonchev–Trinajstić information content (AvgIpc) is 3.60. The molecule has 3 aliphatic rings. The zero-order valence-corrected chi connectivity index (χ0v) is 24.8. The molecule has 45 heavy (non-hydrogen) atoms. The van der Waals surface area contributed by atoms with Gasteiger partial charge < -0.3 is 50.5 Å². The Hall–Kier alpha value is -3.69. The van der Waals surface area contributed by atoms with Gasteiger partial charge in [-0.15, -0.1) is 0 Å². The van der Waals surface area contributed by atoms with Crippen molar-refractivity contribution in [1.82, 2.24) is 4.90 Å². The van der Waals surface area contributed by atoms with Gasteiger partial charge >= 0.3 is 0 Å². The van der Waals surface area contributed by atoms with Crippen LogP contribution in [0.5, 0.6) is 0 Å². The van der Waals surface area contributed by atoms with E-state index in [1.54, 1.807) is 72.5 Å². The normalized spacial score (nSPS) is 30.5. The Labute approximate surface area is 260 Å². The second-order valence-electron chi connectivity index (χ2n) is 11.8. The van der Waals surface area contributed by atoms with Crippen molar-refractivity contribution in [2.45, 2.75) is 75.1 Å². The van der Waals surface area contributed by atoms with E-state index in [0.717, 1.165) is 12.8 Å². The number of rotatable bonds is 9. The molecule has 5 rings (SSSR count). The predicted octanol–water partition coefficient (Wildman–Crippen LogP) is -0.275. The number of aliphatic hydroxyl groups is 6. The summed E-state index contributed by atoms with van der Waals surface area (Å²) in [6.45, 7) is 2.26. The predicted molar refractivity (Wildman–Crippen MR) is 160 cm³/mol. The van der Waals surface area contributed by atoms with Crippen molar-refractivity contribution < 1.29 is 49.8 Å². The van der Waals surface area contributed by atoms with Crippen molar-refractivity contribution in [3.8, 4) is 0 Å². The Morgan fingerprint density at radius 1 is 1.09 bits per heavy atom. The SMILES string of the molecule is C[C@@H](/C=C/CC(=O)N1CCC[C@H]1CO)[C@]1(O)C(=O)N(Cc2cccc(NC(=O)[C@H]3O[C@@H](O)[C@H](O)[C@@H](O)[C@@H]3O)c2)c2ccccc21. The lowest BCUT2D eigenvalue weighted by molar-refractivity contribution is -0.274. The van der Waals surface area contributed by atoms with Crippen LogP contribution < -0.4 is 10.2 Å². The summed E-state index contributed by atoms with van der Waals surface area (Å²) in [7, 11) is 0. The molecule has 0 aromatic heterocycles. The second kappa shape index (κ2) is 13.3. The molecule has 2 saturated heterocycles. The van der Waals surface area contributed by atoms with Crippen LogP contribution in [0.2, 0.25) is 0 Å². The quantitative estimate of drug-likeness (QED) is 0.182. The first kappa shape index (κ1) is 32.7. The Bertz CT molecular complexity index is 1450. The minimum absolute atomic E-state index is 0.0421. The number of ether oxygens (including phenoxy) is 1. The van der Waals surface area contributed by atoms with E-state index in [9.17, 15) is 45.0 Å². The second-order valence-corrected chi connectivity index (χ2v) is 11.8. The molecule has 3 aliphatic heterocycles. The minimum Gasteiger partial charge on any atom is -0.394 e. The highest BCUT2D eigenvalue weighted by atomic mass is 16.6. The fourth-order valence-corrected chi connectivity index (χ4v) is 6.26. The van der Waals surface area contributed by atoms with E-state index in [1.807, 2.05) is 0 Å². The first-order valence-electron chi connectivity index (χ1n) is 15.0. The number of carbonyl (C=O) groups is 3. The monoisotopic (exact) mass is 625 g/mol. The summed E-state index contributed by atoms with van der Waals surface area (Å²) in [5, 5.41) is 63.5. The molecule has 7 N–H and O–H groups in total. The van der Waals surface area contributed by atoms with Crippen LogP contribution in [-0.4, -0.2) is 103 Å². The van der Waals surface area contributed by atoms with E-state index in [4.69, 9.17) is 4.74 Å². The van der Waals surface area contributed by atoms with Gasteiger partial charge in [0.15, 0.2) is 18.0 Å². The molecule has 0 radical (unpaired) electrons. The lowest BCUT2D eigenvalue weighted by atomic mass is 9.83. The zero-order valence-electron chi connectivity index (χ0n) is 24.8. The van der Waals surface area contributed by atoms with Crippen molar-refractivity contribution in [3.63, 3.8) is 0 Å². The molecule has 0 unspecified atom stereocenters. The van der Waals surface area contributed by atoms with Crippen molar-refractivity contribution >= 4 is 29.1 Å². The molecular formula is C32H39N3O10. The van der Waals surface area contributed by atoms with Gasteiger partial charge in [-0.1, -0.05) is 49.4 Å². The number of anilines is 2. The third kappa shape index (κ3) is 6.25. The van der Waals surface area contributed by atoms with Crippen LogP contribution >= 0.6 is 0 Å². The van der Waals surface area contributed by atoms with Gasteiger partial charge in [0.25, 0.3) is 11.8 Å².